The van der Waals surface area contributed by atoms with Gasteiger partial charge >= 0.3 is 0 Å². The number of Topliss-reactive ketones (excluding diaryl/α,β-unsaturated/α-hetero) is 1. The summed E-state index contributed by atoms with van der Waals surface area (Å²) in [6.07, 6.45) is 1.36. The Morgan fingerprint density at radius 2 is 1.94 bits per heavy atom. The van der Waals surface area contributed by atoms with E-state index in [4.69, 9.17) is 27.6 Å². The van der Waals surface area contributed by atoms with Crippen LogP contribution in [0.2, 0.25) is 10.0 Å². The summed E-state index contributed by atoms with van der Waals surface area (Å²) < 4.78 is 5.85. The predicted octanol–water partition coefficient (Wildman–Crippen LogP) is 6.82. The second-order valence-corrected chi connectivity index (χ2v) is 11.0. The van der Waals surface area contributed by atoms with Crippen LogP contribution in [0.25, 0.3) is 0 Å². The summed E-state index contributed by atoms with van der Waals surface area (Å²) >= 11 is 14.8. The van der Waals surface area contributed by atoms with Crippen LogP contribution < -0.4 is 4.90 Å². The number of aromatic nitrogens is 2. The first-order chi connectivity index (χ1) is 17.3. The van der Waals surface area contributed by atoms with Gasteiger partial charge in [0, 0.05) is 15.8 Å². The molecule has 1 unspecified atom stereocenters. The number of benzene rings is 2. The van der Waals surface area contributed by atoms with Crippen LogP contribution in [-0.4, -0.2) is 27.0 Å². The molecular formula is C25H17Cl2N3O4S2. The van der Waals surface area contributed by atoms with E-state index < -0.39 is 23.5 Å². The van der Waals surface area contributed by atoms with Gasteiger partial charge in [-0.05, 0) is 42.3 Å². The van der Waals surface area contributed by atoms with E-state index in [-0.39, 0.29) is 16.5 Å². The summed E-state index contributed by atoms with van der Waals surface area (Å²) in [6.45, 7) is 1.94. The molecule has 0 saturated carbocycles. The Bertz CT molecular complexity index is 1480. The van der Waals surface area contributed by atoms with Gasteiger partial charge in [-0.25, -0.2) is 0 Å². The van der Waals surface area contributed by atoms with E-state index in [0.717, 1.165) is 11.1 Å². The molecule has 1 aliphatic rings. The fraction of sp³-hybridized carbons (Fsp3) is 0.120. The smallest absolute Gasteiger partial charge is 0.296 e. The van der Waals surface area contributed by atoms with Crippen molar-refractivity contribution >= 4 is 63.1 Å². The van der Waals surface area contributed by atoms with Crippen LogP contribution in [0.1, 0.15) is 33.3 Å². The van der Waals surface area contributed by atoms with Gasteiger partial charge in [0.2, 0.25) is 10.9 Å². The molecule has 36 heavy (non-hydrogen) atoms. The van der Waals surface area contributed by atoms with E-state index in [2.05, 4.69) is 10.2 Å². The molecule has 2 aromatic heterocycles. The number of amides is 1. The fourth-order valence-electron chi connectivity index (χ4n) is 3.78. The van der Waals surface area contributed by atoms with Gasteiger partial charge in [-0.3, -0.25) is 14.5 Å². The van der Waals surface area contributed by atoms with E-state index in [1.54, 1.807) is 18.2 Å². The number of nitrogens with zero attached hydrogens (tertiary/aromatic N) is 3. The van der Waals surface area contributed by atoms with Crippen molar-refractivity contribution in [2.75, 3.05) is 4.90 Å². The number of carbonyl (C=O) groups is 2. The lowest BCUT2D eigenvalue weighted by Crippen LogP contribution is -2.31. The highest BCUT2D eigenvalue weighted by Crippen LogP contribution is 2.44. The molecule has 2 aromatic carbocycles. The molecule has 0 fully saturated rings. The normalized spacial score (nSPS) is 15.7. The molecule has 0 bridgehead atoms. The molecule has 1 atom stereocenters. The molecule has 11 heteroatoms. The van der Waals surface area contributed by atoms with Crippen LogP contribution in [-0.2, 0) is 10.5 Å². The second kappa shape index (κ2) is 10.1. The molecule has 182 valence electrons. The number of aliphatic hydroxyl groups is 1. The van der Waals surface area contributed by atoms with E-state index >= 15 is 0 Å². The number of aryl methyl sites for hydroxylation is 1. The van der Waals surface area contributed by atoms with Crippen molar-refractivity contribution in [1.82, 2.24) is 10.2 Å². The summed E-state index contributed by atoms with van der Waals surface area (Å²) in [5.74, 6) is -1.40. The van der Waals surface area contributed by atoms with Crippen molar-refractivity contribution < 1.29 is 19.1 Å². The van der Waals surface area contributed by atoms with Crippen molar-refractivity contribution in [3.8, 4) is 0 Å². The van der Waals surface area contributed by atoms with E-state index in [0.29, 0.717) is 25.7 Å². The highest BCUT2D eigenvalue weighted by atomic mass is 35.5. The molecule has 3 heterocycles. The van der Waals surface area contributed by atoms with Crippen LogP contribution in [0.5, 0.6) is 0 Å². The molecule has 5 rings (SSSR count). The Morgan fingerprint density at radius 1 is 1.17 bits per heavy atom. The zero-order valence-electron chi connectivity index (χ0n) is 18.6. The molecular weight excluding hydrogens is 541 g/mol. The van der Waals surface area contributed by atoms with Crippen LogP contribution in [0.3, 0.4) is 0 Å². The van der Waals surface area contributed by atoms with Gasteiger partial charge in [0.25, 0.3) is 5.91 Å². The predicted molar refractivity (Wildman–Crippen MR) is 140 cm³/mol. The largest absolute Gasteiger partial charge is 0.503 e. The first-order valence-corrected chi connectivity index (χ1v) is 13.2. The Morgan fingerprint density at radius 3 is 2.64 bits per heavy atom. The van der Waals surface area contributed by atoms with Crippen LogP contribution in [0.15, 0.2) is 80.9 Å². The number of hydrogen-bond acceptors (Lipinski definition) is 8. The van der Waals surface area contributed by atoms with Gasteiger partial charge in [-0.1, -0.05) is 82.2 Å². The molecule has 1 amide bonds. The number of hydrogen-bond donors (Lipinski definition) is 1. The van der Waals surface area contributed by atoms with Crippen molar-refractivity contribution in [1.29, 1.82) is 0 Å². The van der Waals surface area contributed by atoms with E-state index in [1.807, 2.05) is 37.3 Å². The lowest BCUT2D eigenvalue weighted by atomic mass is 9.95. The van der Waals surface area contributed by atoms with Crippen LogP contribution in [0.4, 0.5) is 5.13 Å². The minimum atomic E-state index is -0.896. The Balaban J connectivity index is 1.48. The molecule has 4 aromatic rings. The number of thioether (sulfide) groups is 1. The molecule has 0 saturated heterocycles. The number of anilines is 1. The topological polar surface area (TPSA) is 96.5 Å². The standard InChI is InChI=1S/C25H17Cl2N3O4S2/c1-13-4-6-14(7-5-13)20-19(21(31)18-3-2-10-34-18)22(32)23(33)30(20)24-28-29-25(36-24)35-12-15-8-9-16(26)11-17(15)27/h2-11,20,32H,12H2,1H3. The fourth-order valence-corrected chi connectivity index (χ4v) is 6.20. The van der Waals surface area contributed by atoms with E-state index in [1.165, 1.54) is 40.3 Å². The Labute approximate surface area is 224 Å². The summed E-state index contributed by atoms with van der Waals surface area (Å²) in [5, 5.41) is 20.6. The van der Waals surface area contributed by atoms with E-state index in [9.17, 15) is 14.7 Å². The van der Waals surface area contributed by atoms with Gasteiger partial charge in [0.1, 0.15) is 0 Å². The minimum absolute atomic E-state index is 0.0247. The van der Waals surface area contributed by atoms with Crippen molar-refractivity contribution in [3.63, 3.8) is 0 Å². The van der Waals surface area contributed by atoms with Crippen molar-refractivity contribution in [2.45, 2.75) is 23.1 Å². The van der Waals surface area contributed by atoms with Gasteiger partial charge < -0.3 is 9.52 Å². The summed E-state index contributed by atoms with van der Waals surface area (Å²) in [5.41, 5.74) is 2.46. The van der Waals surface area contributed by atoms with Crippen LogP contribution in [0, 0.1) is 6.92 Å². The Hall–Kier alpha value is -3.11. The quantitative estimate of drug-likeness (QED) is 0.151. The van der Waals surface area contributed by atoms with Gasteiger partial charge in [-0.2, -0.15) is 0 Å². The molecule has 0 aliphatic carbocycles. The third-order valence-electron chi connectivity index (χ3n) is 5.56. The first-order valence-electron chi connectivity index (χ1n) is 10.6. The third kappa shape index (κ3) is 4.67. The number of carbonyl (C=O) groups excluding carboxylic acids is 2. The maximum absolute atomic E-state index is 13.3. The first kappa shape index (κ1) is 24.6. The minimum Gasteiger partial charge on any atom is -0.503 e. The van der Waals surface area contributed by atoms with Crippen molar-refractivity contribution in [3.05, 3.63) is 105 Å². The average molecular weight is 558 g/mol. The average Bonchev–Trinajstić information content (AvgIpc) is 3.60. The molecule has 1 N–H and O–H groups in total. The number of ketones is 1. The lowest BCUT2D eigenvalue weighted by molar-refractivity contribution is -0.117. The SMILES string of the molecule is Cc1ccc(C2C(C(=O)c3ccco3)=C(O)C(=O)N2c2nnc(SCc3ccc(Cl)cc3Cl)s2)cc1. The van der Waals surface area contributed by atoms with Gasteiger partial charge in [0.05, 0.1) is 17.9 Å². The monoisotopic (exact) mass is 557 g/mol. The summed E-state index contributed by atoms with van der Waals surface area (Å²) in [4.78, 5) is 27.8. The third-order valence-corrected chi connectivity index (χ3v) is 8.25. The maximum Gasteiger partial charge on any atom is 0.296 e. The second-order valence-electron chi connectivity index (χ2n) is 7.93. The number of halogens is 2. The molecule has 0 radical (unpaired) electrons. The maximum atomic E-state index is 13.3. The summed E-state index contributed by atoms with van der Waals surface area (Å²) in [6, 6.07) is 14.8. The van der Waals surface area contributed by atoms with Crippen LogP contribution >= 0.6 is 46.3 Å². The van der Waals surface area contributed by atoms with Gasteiger partial charge in [0.15, 0.2) is 15.9 Å². The highest BCUT2D eigenvalue weighted by molar-refractivity contribution is 8.00. The number of furan rings is 1. The highest BCUT2D eigenvalue weighted by Gasteiger charge is 2.46. The lowest BCUT2D eigenvalue weighted by Gasteiger charge is -2.23. The zero-order valence-corrected chi connectivity index (χ0v) is 21.8. The zero-order chi connectivity index (χ0) is 25.4. The van der Waals surface area contributed by atoms with Crippen molar-refractivity contribution in [2.24, 2.45) is 0 Å². The molecule has 1 aliphatic heterocycles. The Kier molecular flexibility index (Phi) is 6.90. The number of aliphatic hydroxyl groups excluding tert-OH is 1. The molecule has 7 nitrogen and oxygen atoms in total. The van der Waals surface area contributed by atoms with Gasteiger partial charge in [-0.15, -0.1) is 10.2 Å². The summed E-state index contributed by atoms with van der Waals surface area (Å²) in [7, 11) is 0. The molecule has 0 spiro atoms. The number of rotatable bonds is 7.